The van der Waals surface area contributed by atoms with E-state index in [0.717, 1.165) is 25.7 Å². The Morgan fingerprint density at radius 3 is 1.91 bits per heavy atom. The van der Waals surface area contributed by atoms with Gasteiger partial charge < -0.3 is 19.7 Å². The van der Waals surface area contributed by atoms with Crippen molar-refractivity contribution >= 4 is 0 Å². The van der Waals surface area contributed by atoms with Crippen molar-refractivity contribution in [2.24, 2.45) is 17.8 Å². The highest BCUT2D eigenvalue weighted by Gasteiger charge is 2.41. The molecule has 1 saturated carbocycles. The van der Waals surface area contributed by atoms with Crippen LogP contribution in [0.4, 0.5) is 0 Å². The molecule has 0 saturated heterocycles. The van der Waals surface area contributed by atoms with Crippen molar-refractivity contribution in [3.8, 4) is 0 Å². The van der Waals surface area contributed by atoms with E-state index in [0.29, 0.717) is 31.0 Å². The molecule has 4 unspecified atom stereocenters. The van der Waals surface area contributed by atoms with Crippen molar-refractivity contribution in [1.29, 1.82) is 0 Å². The topological polar surface area (TPSA) is 58.9 Å². The summed E-state index contributed by atoms with van der Waals surface area (Å²) in [5.74, 6) is 1.37. The molecule has 1 aliphatic rings. The van der Waals surface area contributed by atoms with Crippen LogP contribution in [-0.4, -0.2) is 47.3 Å². The van der Waals surface area contributed by atoms with E-state index in [2.05, 4.69) is 27.7 Å². The summed E-state index contributed by atoms with van der Waals surface area (Å²) in [6, 6.07) is 0. The van der Waals surface area contributed by atoms with Gasteiger partial charge in [-0.05, 0) is 57.3 Å². The SMILES string of the molecule is CCC(O)COC1C(C)CC(C(C)(C)OCC(O)CC)CC1C. The molecule has 23 heavy (non-hydrogen) atoms. The van der Waals surface area contributed by atoms with Crippen molar-refractivity contribution in [3.63, 3.8) is 0 Å². The molecule has 4 atom stereocenters. The maximum Gasteiger partial charge on any atom is 0.0771 e. The lowest BCUT2D eigenvalue weighted by molar-refractivity contribution is -0.135. The molecule has 0 spiro atoms. The standard InChI is InChI=1S/C19H38O4/c1-7-16(20)11-22-18-13(3)9-15(10-14(18)4)19(5,6)23-12-17(21)8-2/h13-18,20-21H,7-12H2,1-6H3. The van der Waals surface area contributed by atoms with Gasteiger partial charge in [-0.15, -0.1) is 0 Å². The first kappa shape index (κ1) is 20.9. The molecule has 0 radical (unpaired) electrons. The lowest BCUT2D eigenvalue weighted by Crippen LogP contribution is -2.46. The zero-order valence-corrected chi connectivity index (χ0v) is 15.9. The van der Waals surface area contributed by atoms with E-state index in [-0.39, 0.29) is 23.9 Å². The second kappa shape index (κ2) is 9.36. The largest absolute Gasteiger partial charge is 0.391 e. The predicted molar refractivity (Wildman–Crippen MR) is 93.4 cm³/mol. The normalized spacial score (nSPS) is 31.8. The van der Waals surface area contributed by atoms with Crippen LogP contribution in [-0.2, 0) is 9.47 Å². The number of aliphatic hydroxyl groups is 2. The van der Waals surface area contributed by atoms with Gasteiger partial charge in [-0.2, -0.15) is 0 Å². The molecule has 4 nitrogen and oxygen atoms in total. The molecular formula is C19H38O4. The molecule has 0 aromatic carbocycles. The third kappa shape index (κ3) is 6.33. The average Bonchev–Trinajstić information content (AvgIpc) is 2.51. The molecule has 0 aromatic heterocycles. The molecule has 1 aliphatic carbocycles. The summed E-state index contributed by atoms with van der Waals surface area (Å²) < 4.78 is 12.0. The molecule has 0 bridgehead atoms. The van der Waals surface area contributed by atoms with Crippen LogP contribution in [0.2, 0.25) is 0 Å². The molecular weight excluding hydrogens is 292 g/mol. The quantitative estimate of drug-likeness (QED) is 0.680. The van der Waals surface area contributed by atoms with Crippen molar-refractivity contribution in [2.75, 3.05) is 13.2 Å². The van der Waals surface area contributed by atoms with Gasteiger partial charge in [0.05, 0.1) is 37.1 Å². The highest BCUT2D eigenvalue weighted by atomic mass is 16.5. The van der Waals surface area contributed by atoms with E-state index in [9.17, 15) is 10.2 Å². The van der Waals surface area contributed by atoms with Crippen LogP contribution in [0.25, 0.3) is 0 Å². The summed E-state index contributed by atoms with van der Waals surface area (Å²) >= 11 is 0. The fraction of sp³-hybridized carbons (Fsp3) is 1.00. The van der Waals surface area contributed by atoms with Gasteiger partial charge in [0.1, 0.15) is 0 Å². The fourth-order valence-corrected chi connectivity index (χ4v) is 3.61. The lowest BCUT2D eigenvalue weighted by atomic mass is 9.69. The van der Waals surface area contributed by atoms with E-state index >= 15 is 0 Å². The van der Waals surface area contributed by atoms with E-state index in [1.54, 1.807) is 0 Å². The van der Waals surface area contributed by atoms with Crippen LogP contribution in [0.1, 0.15) is 67.2 Å². The van der Waals surface area contributed by atoms with Crippen molar-refractivity contribution in [1.82, 2.24) is 0 Å². The molecule has 138 valence electrons. The number of hydrogen-bond acceptors (Lipinski definition) is 4. The number of hydrogen-bond donors (Lipinski definition) is 2. The average molecular weight is 331 g/mol. The molecule has 1 rings (SSSR count). The maximum atomic E-state index is 9.74. The Kier molecular flexibility index (Phi) is 8.50. The van der Waals surface area contributed by atoms with Gasteiger partial charge in [0.15, 0.2) is 0 Å². The molecule has 0 heterocycles. The van der Waals surface area contributed by atoms with E-state index in [1.807, 2.05) is 13.8 Å². The summed E-state index contributed by atoms with van der Waals surface area (Å²) in [4.78, 5) is 0. The van der Waals surface area contributed by atoms with Crippen LogP contribution < -0.4 is 0 Å². The van der Waals surface area contributed by atoms with Gasteiger partial charge >= 0.3 is 0 Å². The third-order valence-corrected chi connectivity index (χ3v) is 5.49. The van der Waals surface area contributed by atoms with Crippen molar-refractivity contribution in [3.05, 3.63) is 0 Å². The van der Waals surface area contributed by atoms with Gasteiger partial charge in [0.2, 0.25) is 0 Å². The van der Waals surface area contributed by atoms with Crippen LogP contribution in [0.5, 0.6) is 0 Å². The lowest BCUT2D eigenvalue weighted by Gasteiger charge is -2.45. The molecule has 2 N–H and O–H groups in total. The van der Waals surface area contributed by atoms with E-state index in [4.69, 9.17) is 9.47 Å². The zero-order valence-electron chi connectivity index (χ0n) is 15.9. The summed E-state index contributed by atoms with van der Waals surface area (Å²) in [6.07, 6.45) is 3.06. The third-order valence-electron chi connectivity index (χ3n) is 5.49. The van der Waals surface area contributed by atoms with Crippen LogP contribution >= 0.6 is 0 Å². The Labute approximate surface area is 142 Å². The molecule has 4 heteroatoms. The molecule has 0 amide bonds. The molecule has 1 fully saturated rings. The predicted octanol–water partition coefficient (Wildman–Crippen LogP) is 3.39. The second-order valence-corrected chi connectivity index (χ2v) is 7.96. The van der Waals surface area contributed by atoms with E-state index < -0.39 is 0 Å². The minimum atomic E-state index is -0.376. The summed E-state index contributed by atoms with van der Waals surface area (Å²) in [6.45, 7) is 13.5. The Morgan fingerprint density at radius 1 is 0.957 bits per heavy atom. The minimum Gasteiger partial charge on any atom is -0.391 e. The van der Waals surface area contributed by atoms with Gasteiger partial charge in [-0.1, -0.05) is 27.7 Å². The van der Waals surface area contributed by atoms with Crippen LogP contribution in [0, 0.1) is 17.8 Å². The molecule has 0 aliphatic heterocycles. The Balaban J connectivity index is 2.56. The van der Waals surface area contributed by atoms with Crippen LogP contribution in [0.3, 0.4) is 0 Å². The van der Waals surface area contributed by atoms with Crippen molar-refractivity contribution < 1.29 is 19.7 Å². The van der Waals surface area contributed by atoms with Gasteiger partial charge in [-0.3, -0.25) is 0 Å². The van der Waals surface area contributed by atoms with Gasteiger partial charge in [0, 0.05) is 0 Å². The zero-order chi connectivity index (χ0) is 17.6. The van der Waals surface area contributed by atoms with Gasteiger partial charge in [-0.25, -0.2) is 0 Å². The Morgan fingerprint density at radius 2 is 1.43 bits per heavy atom. The summed E-state index contributed by atoms with van der Waals surface area (Å²) in [5.41, 5.74) is -0.230. The summed E-state index contributed by atoms with van der Waals surface area (Å²) in [7, 11) is 0. The Hall–Kier alpha value is -0.160. The fourth-order valence-electron chi connectivity index (χ4n) is 3.61. The Bertz CT molecular complexity index is 319. The summed E-state index contributed by atoms with van der Waals surface area (Å²) in [5, 5.41) is 19.5. The van der Waals surface area contributed by atoms with Crippen molar-refractivity contribution in [2.45, 2.75) is 91.1 Å². The molecule has 0 aromatic rings. The van der Waals surface area contributed by atoms with E-state index in [1.165, 1.54) is 0 Å². The highest BCUT2D eigenvalue weighted by molar-refractivity contribution is 4.91. The highest BCUT2D eigenvalue weighted by Crippen LogP contribution is 2.41. The number of rotatable bonds is 9. The van der Waals surface area contributed by atoms with Gasteiger partial charge in [0.25, 0.3) is 0 Å². The number of aliphatic hydroxyl groups excluding tert-OH is 2. The van der Waals surface area contributed by atoms with Crippen LogP contribution in [0.15, 0.2) is 0 Å². The first-order valence-electron chi connectivity index (χ1n) is 9.32. The minimum absolute atomic E-state index is 0.212. The first-order chi connectivity index (χ1) is 10.7. The number of ether oxygens (including phenoxy) is 2. The second-order valence-electron chi connectivity index (χ2n) is 7.96. The maximum absolute atomic E-state index is 9.74. The monoisotopic (exact) mass is 330 g/mol. The smallest absolute Gasteiger partial charge is 0.0771 e. The first-order valence-corrected chi connectivity index (χ1v) is 9.32.